The van der Waals surface area contributed by atoms with Gasteiger partial charge in [0.25, 0.3) is 0 Å². The van der Waals surface area contributed by atoms with Crippen molar-refractivity contribution in [2.75, 3.05) is 11.9 Å². The van der Waals surface area contributed by atoms with Crippen molar-refractivity contribution in [1.29, 1.82) is 0 Å². The number of rotatable bonds is 6. The van der Waals surface area contributed by atoms with Crippen molar-refractivity contribution >= 4 is 17.5 Å². The number of nitrogens with one attached hydrogen (secondary N) is 2. The molecule has 2 amide bonds. The first-order valence-electron chi connectivity index (χ1n) is 8.60. The monoisotopic (exact) mass is 342 g/mol. The zero-order valence-electron chi connectivity index (χ0n) is 15.2. The number of carbonyl (C=O) groups excluding carboxylic acids is 2. The molecule has 0 saturated heterocycles. The summed E-state index contributed by atoms with van der Waals surface area (Å²) in [6.07, 6.45) is 2.50. The Morgan fingerprint density at radius 2 is 1.80 bits per heavy atom. The Labute approximate surface area is 148 Å². The van der Waals surface area contributed by atoms with Gasteiger partial charge in [0.1, 0.15) is 0 Å². The van der Waals surface area contributed by atoms with Gasteiger partial charge in [-0.25, -0.2) is 0 Å². The normalized spacial score (nSPS) is 11.0. The summed E-state index contributed by atoms with van der Waals surface area (Å²) >= 11 is 0. The van der Waals surface area contributed by atoms with Crippen molar-refractivity contribution < 1.29 is 9.59 Å². The predicted molar refractivity (Wildman–Crippen MR) is 98.5 cm³/mol. The number of para-hydroxylation sites is 1. The molecule has 25 heavy (non-hydrogen) atoms. The number of nitrogens with zero attached hydrogens (tertiary/aromatic N) is 2. The Bertz CT molecular complexity index is 735. The Balaban J connectivity index is 1.85. The van der Waals surface area contributed by atoms with E-state index in [4.69, 9.17) is 0 Å². The van der Waals surface area contributed by atoms with Gasteiger partial charge in [-0.2, -0.15) is 5.10 Å². The van der Waals surface area contributed by atoms with Gasteiger partial charge < -0.3 is 10.6 Å². The minimum atomic E-state index is -0.652. The lowest BCUT2D eigenvalue weighted by atomic mass is 10.0. The minimum Gasteiger partial charge on any atom is -0.347 e. The van der Waals surface area contributed by atoms with Crippen molar-refractivity contribution in [3.8, 4) is 0 Å². The summed E-state index contributed by atoms with van der Waals surface area (Å²) in [6, 6.07) is 9.73. The van der Waals surface area contributed by atoms with Gasteiger partial charge in [0.15, 0.2) is 0 Å². The van der Waals surface area contributed by atoms with Crippen LogP contribution in [0.25, 0.3) is 0 Å². The molecule has 0 aliphatic carbocycles. The molecule has 0 radical (unpaired) electrons. The average Bonchev–Trinajstić information content (AvgIpc) is 3.04. The SMILES string of the molecule is CC(C)c1ccccc1NC(=O)C(=O)NCCc1ccn(C(C)C)n1. The smallest absolute Gasteiger partial charge is 0.313 e. The van der Waals surface area contributed by atoms with Crippen LogP contribution in [0.4, 0.5) is 5.69 Å². The average molecular weight is 342 g/mol. The number of hydrogen-bond donors (Lipinski definition) is 2. The third kappa shape index (κ3) is 5.17. The Hall–Kier alpha value is -2.63. The Kier molecular flexibility index (Phi) is 6.33. The fourth-order valence-corrected chi connectivity index (χ4v) is 2.48. The second-order valence-electron chi connectivity index (χ2n) is 6.58. The number of benzene rings is 1. The maximum atomic E-state index is 12.1. The van der Waals surface area contributed by atoms with Crippen molar-refractivity contribution in [1.82, 2.24) is 15.1 Å². The highest BCUT2D eigenvalue weighted by Gasteiger charge is 2.16. The third-order valence-corrected chi connectivity index (χ3v) is 3.90. The van der Waals surface area contributed by atoms with E-state index in [9.17, 15) is 9.59 Å². The number of aromatic nitrogens is 2. The van der Waals surface area contributed by atoms with Gasteiger partial charge in [0.2, 0.25) is 0 Å². The largest absolute Gasteiger partial charge is 0.347 e. The van der Waals surface area contributed by atoms with Crippen molar-refractivity contribution in [3.63, 3.8) is 0 Å². The summed E-state index contributed by atoms with van der Waals surface area (Å²) in [5, 5.41) is 9.74. The fraction of sp³-hybridized carbons (Fsp3) is 0.421. The zero-order chi connectivity index (χ0) is 18.4. The quantitative estimate of drug-likeness (QED) is 0.793. The summed E-state index contributed by atoms with van der Waals surface area (Å²) in [7, 11) is 0. The molecule has 1 aromatic heterocycles. The number of amides is 2. The molecule has 2 rings (SSSR count). The van der Waals surface area contributed by atoms with Crippen molar-refractivity contribution in [2.24, 2.45) is 0 Å². The summed E-state index contributed by atoms with van der Waals surface area (Å²) in [4.78, 5) is 24.1. The van der Waals surface area contributed by atoms with E-state index >= 15 is 0 Å². The topological polar surface area (TPSA) is 76.0 Å². The summed E-state index contributed by atoms with van der Waals surface area (Å²) in [5.41, 5.74) is 2.57. The molecule has 0 bridgehead atoms. The molecule has 1 heterocycles. The minimum absolute atomic E-state index is 0.260. The maximum absolute atomic E-state index is 12.1. The Morgan fingerprint density at radius 1 is 1.08 bits per heavy atom. The van der Waals surface area contributed by atoms with Gasteiger partial charge in [-0.05, 0) is 37.5 Å². The van der Waals surface area contributed by atoms with Crippen molar-refractivity contribution in [3.05, 3.63) is 47.8 Å². The summed E-state index contributed by atoms with van der Waals surface area (Å²) in [6.45, 7) is 8.56. The molecule has 0 saturated carbocycles. The molecular weight excluding hydrogens is 316 g/mol. The second-order valence-corrected chi connectivity index (χ2v) is 6.58. The van der Waals surface area contributed by atoms with Crippen LogP contribution in [0.5, 0.6) is 0 Å². The van der Waals surface area contributed by atoms with Crippen LogP contribution in [-0.4, -0.2) is 28.1 Å². The molecule has 0 fully saturated rings. The first-order valence-corrected chi connectivity index (χ1v) is 8.60. The van der Waals surface area contributed by atoms with Gasteiger partial charge >= 0.3 is 11.8 Å². The highest BCUT2D eigenvalue weighted by atomic mass is 16.2. The van der Waals surface area contributed by atoms with Crippen LogP contribution in [-0.2, 0) is 16.0 Å². The lowest BCUT2D eigenvalue weighted by molar-refractivity contribution is -0.136. The van der Waals surface area contributed by atoms with Crippen LogP contribution in [0.15, 0.2) is 36.5 Å². The number of carbonyl (C=O) groups is 2. The number of anilines is 1. The number of hydrogen-bond acceptors (Lipinski definition) is 3. The fourth-order valence-electron chi connectivity index (χ4n) is 2.48. The van der Waals surface area contributed by atoms with E-state index < -0.39 is 11.8 Å². The molecule has 0 unspecified atom stereocenters. The first-order chi connectivity index (χ1) is 11.9. The van der Waals surface area contributed by atoms with Crippen LogP contribution in [0.3, 0.4) is 0 Å². The zero-order valence-corrected chi connectivity index (χ0v) is 15.2. The molecule has 0 atom stereocenters. The van der Waals surface area contributed by atoms with E-state index in [0.717, 1.165) is 11.3 Å². The third-order valence-electron chi connectivity index (χ3n) is 3.90. The maximum Gasteiger partial charge on any atom is 0.313 e. The van der Waals surface area contributed by atoms with Gasteiger partial charge in [-0.15, -0.1) is 0 Å². The molecular formula is C19H26N4O2. The van der Waals surface area contributed by atoms with Gasteiger partial charge in [-0.3, -0.25) is 14.3 Å². The van der Waals surface area contributed by atoms with Crippen LogP contribution in [0, 0.1) is 0 Å². The summed E-state index contributed by atoms with van der Waals surface area (Å²) in [5.74, 6) is -1.03. The molecule has 2 aromatic rings. The molecule has 2 N–H and O–H groups in total. The van der Waals surface area contributed by atoms with Crippen LogP contribution in [0.2, 0.25) is 0 Å². The molecule has 6 heteroatoms. The highest BCUT2D eigenvalue weighted by molar-refractivity contribution is 6.39. The highest BCUT2D eigenvalue weighted by Crippen LogP contribution is 2.23. The van der Waals surface area contributed by atoms with E-state index in [2.05, 4.69) is 29.6 Å². The van der Waals surface area contributed by atoms with E-state index in [1.165, 1.54) is 0 Å². The molecule has 134 valence electrons. The molecule has 0 spiro atoms. The predicted octanol–water partition coefficient (Wildman–Crippen LogP) is 2.88. The molecule has 6 nitrogen and oxygen atoms in total. The van der Waals surface area contributed by atoms with Crippen LogP contribution >= 0.6 is 0 Å². The standard InChI is InChI=1S/C19H26N4O2/c1-13(2)16-7-5-6-8-17(16)21-19(25)18(24)20-11-9-15-10-12-23(22-15)14(3)4/h5-8,10,12-14H,9,11H2,1-4H3,(H,20,24)(H,21,25). The van der Waals surface area contributed by atoms with Gasteiger partial charge in [0.05, 0.1) is 5.69 Å². The van der Waals surface area contributed by atoms with E-state index in [-0.39, 0.29) is 5.92 Å². The van der Waals surface area contributed by atoms with Crippen molar-refractivity contribution in [2.45, 2.75) is 46.1 Å². The van der Waals surface area contributed by atoms with Gasteiger partial charge in [0, 0.05) is 30.9 Å². The van der Waals surface area contributed by atoms with Crippen LogP contribution < -0.4 is 10.6 Å². The molecule has 0 aliphatic rings. The van der Waals surface area contributed by atoms with E-state index in [1.807, 2.05) is 49.0 Å². The van der Waals surface area contributed by atoms with Gasteiger partial charge in [-0.1, -0.05) is 32.0 Å². The van der Waals surface area contributed by atoms with E-state index in [0.29, 0.717) is 24.7 Å². The van der Waals surface area contributed by atoms with Crippen LogP contribution in [0.1, 0.15) is 50.9 Å². The Morgan fingerprint density at radius 3 is 2.44 bits per heavy atom. The summed E-state index contributed by atoms with van der Waals surface area (Å²) < 4.78 is 1.87. The lowest BCUT2D eigenvalue weighted by Gasteiger charge is -2.13. The molecule has 1 aromatic carbocycles. The lowest BCUT2D eigenvalue weighted by Crippen LogP contribution is -2.36. The van der Waals surface area contributed by atoms with E-state index in [1.54, 1.807) is 6.07 Å². The first kappa shape index (κ1) is 18.7. The molecule has 0 aliphatic heterocycles. The second kappa shape index (κ2) is 8.46.